The zero-order valence-corrected chi connectivity index (χ0v) is 19.9. The largest absolute Gasteiger partial charge is 0.489 e. The van der Waals surface area contributed by atoms with Gasteiger partial charge < -0.3 is 19.6 Å². The van der Waals surface area contributed by atoms with Gasteiger partial charge in [-0.2, -0.15) is 0 Å². The first kappa shape index (κ1) is 23.3. The fourth-order valence-electron chi connectivity index (χ4n) is 4.26. The summed E-state index contributed by atoms with van der Waals surface area (Å²) in [7, 11) is 1.38. The van der Waals surface area contributed by atoms with Crippen LogP contribution in [0.2, 0.25) is 0 Å². The average Bonchev–Trinajstić information content (AvgIpc) is 3.41. The fourth-order valence-corrected chi connectivity index (χ4v) is 4.26. The predicted octanol–water partition coefficient (Wildman–Crippen LogP) is 5.92. The van der Waals surface area contributed by atoms with E-state index in [1.807, 2.05) is 54.6 Å². The molecule has 6 heteroatoms. The molecule has 6 nitrogen and oxygen atoms in total. The van der Waals surface area contributed by atoms with Crippen LogP contribution in [-0.2, 0) is 29.1 Å². The molecule has 0 unspecified atom stereocenters. The first-order valence-electron chi connectivity index (χ1n) is 11.7. The number of nitrogens with zero attached hydrogens (tertiary/aromatic N) is 1. The monoisotopic (exact) mass is 478 g/mol. The normalized spacial score (nSPS) is 10.9. The molecule has 0 aliphatic rings. The third-order valence-corrected chi connectivity index (χ3v) is 6.12. The van der Waals surface area contributed by atoms with E-state index in [4.69, 9.17) is 19.6 Å². The number of carbonyl (C=O) groups excluding carboxylic acids is 1. The van der Waals surface area contributed by atoms with Crippen molar-refractivity contribution < 1.29 is 18.7 Å². The van der Waals surface area contributed by atoms with E-state index in [-0.39, 0.29) is 12.4 Å². The summed E-state index contributed by atoms with van der Waals surface area (Å²) in [5.74, 6) is 0.312. The van der Waals surface area contributed by atoms with Crippen molar-refractivity contribution in [2.24, 2.45) is 5.73 Å². The van der Waals surface area contributed by atoms with Crippen LogP contribution in [0.3, 0.4) is 0 Å². The molecule has 0 saturated carbocycles. The lowest BCUT2D eigenvalue weighted by Crippen LogP contribution is -2.07. The third kappa shape index (κ3) is 4.99. The summed E-state index contributed by atoms with van der Waals surface area (Å²) < 4.78 is 17.0. The number of fused-ring (bicyclic) bond motifs is 1. The summed E-state index contributed by atoms with van der Waals surface area (Å²) in [5.41, 5.74) is 13.5. The van der Waals surface area contributed by atoms with Gasteiger partial charge in [0.05, 0.1) is 19.8 Å². The molecule has 0 fully saturated rings. The van der Waals surface area contributed by atoms with Crippen molar-refractivity contribution in [3.05, 3.63) is 108 Å². The lowest BCUT2D eigenvalue weighted by Gasteiger charge is -2.14. The molecule has 0 saturated heterocycles. The van der Waals surface area contributed by atoms with E-state index in [2.05, 4.69) is 23.2 Å². The highest BCUT2D eigenvalue weighted by molar-refractivity contribution is 5.93. The molecule has 0 spiro atoms. The van der Waals surface area contributed by atoms with Gasteiger partial charge in [0.15, 0.2) is 0 Å². The van der Waals surface area contributed by atoms with E-state index < -0.39 is 0 Å². The Morgan fingerprint density at radius 2 is 1.78 bits per heavy atom. The number of methoxy groups -OCH3 is 1. The molecule has 0 atom stereocenters. The van der Waals surface area contributed by atoms with Crippen LogP contribution in [0.5, 0.6) is 5.75 Å². The van der Waals surface area contributed by atoms with E-state index in [1.165, 1.54) is 7.11 Å². The smallest absolute Gasteiger partial charge is 0.310 e. The van der Waals surface area contributed by atoms with Gasteiger partial charge in [-0.05, 0) is 70.3 Å². The van der Waals surface area contributed by atoms with Gasteiger partial charge >= 0.3 is 5.97 Å². The summed E-state index contributed by atoms with van der Waals surface area (Å²) >= 11 is 0. The Kier molecular flexibility index (Phi) is 6.78. The number of nitrogens with two attached hydrogens (primary N) is 1. The second-order valence-corrected chi connectivity index (χ2v) is 8.49. The van der Waals surface area contributed by atoms with Gasteiger partial charge in [-0.15, -0.1) is 0 Å². The number of pyridine rings is 1. The molecule has 5 rings (SSSR count). The van der Waals surface area contributed by atoms with Gasteiger partial charge in [-0.25, -0.2) is 0 Å². The quantitative estimate of drug-likeness (QED) is 0.279. The maximum absolute atomic E-state index is 12.0. The minimum Gasteiger partial charge on any atom is -0.489 e. The number of esters is 1. The Labute approximate surface area is 209 Å². The topological polar surface area (TPSA) is 87.6 Å². The lowest BCUT2D eigenvalue weighted by molar-refractivity contribution is -0.139. The number of carbonyl (C=O) groups is 1. The van der Waals surface area contributed by atoms with Crippen LogP contribution in [0, 0.1) is 0 Å². The van der Waals surface area contributed by atoms with Crippen LogP contribution in [0.1, 0.15) is 16.7 Å². The van der Waals surface area contributed by atoms with Crippen molar-refractivity contribution in [3.63, 3.8) is 0 Å². The number of benzene rings is 3. The molecule has 0 aliphatic carbocycles. The van der Waals surface area contributed by atoms with Crippen LogP contribution in [0.15, 0.2) is 95.9 Å². The highest BCUT2D eigenvalue weighted by Gasteiger charge is 2.14. The van der Waals surface area contributed by atoms with Crippen LogP contribution >= 0.6 is 0 Å². The van der Waals surface area contributed by atoms with Crippen molar-refractivity contribution in [1.82, 2.24) is 4.98 Å². The summed E-state index contributed by atoms with van der Waals surface area (Å²) in [4.78, 5) is 16.1. The van der Waals surface area contributed by atoms with Gasteiger partial charge in [-0.3, -0.25) is 9.78 Å². The first-order chi connectivity index (χ1) is 17.6. The molecule has 2 aromatic heterocycles. The summed E-state index contributed by atoms with van der Waals surface area (Å²) in [6, 6.07) is 23.9. The molecule has 0 bridgehead atoms. The number of ether oxygens (including phenoxy) is 2. The molecule has 3 aromatic carbocycles. The standard InChI is InChI=1S/C30H26N2O4/c1-34-29(33)17-25-6-5-23(22-7-10-32-11-8-22)16-28(25)36-19-21-14-26-9-12-35-30(26)27(15-21)24-4-2-3-20(13-24)18-31/h2-16H,17-19,31H2,1H3. The SMILES string of the molecule is COC(=O)Cc1ccc(-c2ccncc2)cc1OCc1cc(-c2cccc(CN)c2)c2occc2c1. The van der Waals surface area contributed by atoms with Crippen molar-refractivity contribution >= 4 is 16.9 Å². The molecule has 0 radical (unpaired) electrons. The molecule has 5 aromatic rings. The minimum absolute atomic E-state index is 0.125. The van der Waals surface area contributed by atoms with E-state index >= 15 is 0 Å². The van der Waals surface area contributed by atoms with Crippen molar-refractivity contribution in [3.8, 4) is 28.0 Å². The summed E-state index contributed by atoms with van der Waals surface area (Å²) in [6.07, 6.45) is 5.32. The molecule has 0 amide bonds. The Hall–Kier alpha value is -4.42. The second kappa shape index (κ2) is 10.5. The van der Waals surface area contributed by atoms with E-state index in [1.54, 1.807) is 18.7 Å². The van der Waals surface area contributed by atoms with Crippen LogP contribution in [0.25, 0.3) is 33.2 Å². The average molecular weight is 479 g/mol. The van der Waals surface area contributed by atoms with Gasteiger partial charge in [0.2, 0.25) is 0 Å². The van der Waals surface area contributed by atoms with Gasteiger partial charge in [0.25, 0.3) is 0 Å². The van der Waals surface area contributed by atoms with E-state index in [0.717, 1.165) is 49.9 Å². The Morgan fingerprint density at radius 1 is 0.917 bits per heavy atom. The van der Waals surface area contributed by atoms with Crippen molar-refractivity contribution in [2.45, 2.75) is 19.6 Å². The van der Waals surface area contributed by atoms with Crippen LogP contribution in [0.4, 0.5) is 0 Å². The molecular formula is C30H26N2O4. The number of rotatable bonds is 8. The third-order valence-electron chi connectivity index (χ3n) is 6.12. The Bertz CT molecular complexity index is 1510. The second-order valence-electron chi connectivity index (χ2n) is 8.49. The van der Waals surface area contributed by atoms with Crippen LogP contribution in [-0.4, -0.2) is 18.1 Å². The van der Waals surface area contributed by atoms with Crippen LogP contribution < -0.4 is 10.5 Å². The van der Waals surface area contributed by atoms with Crippen molar-refractivity contribution in [2.75, 3.05) is 7.11 Å². The maximum Gasteiger partial charge on any atom is 0.310 e. The number of furan rings is 1. The number of hydrogen-bond donors (Lipinski definition) is 1. The molecule has 36 heavy (non-hydrogen) atoms. The Morgan fingerprint density at radius 3 is 2.58 bits per heavy atom. The van der Waals surface area contributed by atoms with E-state index in [0.29, 0.717) is 18.9 Å². The highest BCUT2D eigenvalue weighted by atomic mass is 16.5. The zero-order valence-electron chi connectivity index (χ0n) is 19.9. The van der Waals surface area contributed by atoms with Gasteiger partial charge in [0, 0.05) is 35.5 Å². The van der Waals surface area contributed by atoms with Gasteiger partial charge in [-0.1, -0.05) is 30.3 Å². The van der Waals surface area contributed by atoms with Gasteiger partial charge in [0.1, 0.15) is 17.9 Å². The molecule has 2 N–H and O–H groups in total. The molecule has 180 valence electrons. The maximum atomic E-state index is 12.0. The molecule has 2 heterocycles. The van der Waals surface area contributed by atoms with Crippen molar-refractivity contribution in [1.29, 1.82) is 0 Å². The minimum atomic E-state index is -0.321. The first-order valence-corrected chi connectivity index (χ1v) is 11.7. The van der Waals surface area contributed by atoms with E-state index in [9.17, 15) is 4.79 Å². The molecular weight excluding hydrogens is 452 g/mol. The number of aromatic nitrogens is 1. The predicted molar refractivity (Wildman–Crippen MR) is 139 cm³/mol. The zero-order chi connectivity index (χ0) is 24.9. The number of hydrogen-bond acceptors (Lipinski definition) is 6. The lowest BCUT2D eigenvalue weighted by atomic mass is 9.99. The highest BCUT2D eigenvalue weighted by Crippen LogP contribution is 2.33. The Balaban J connectivity index is 1.49. The summed E-state index contributed by atoms with van der Waals surface area (Å²) in [5, 5.41) is 0.990. The fraction of sp³-hybridized carbons (Fsp3) is 0.133. The molecule has 0 aliphatic heterocycles. The summed E-state index contributed by atoms with van der Waals surface area (Å²) in [6.45, 7) is 0.785.